The van der Waals surface area contributed by atoms with E-state index >= 15 is 0 Å². The normalized spacial score (nSPS) is 10.3. The molecule has 0 aliphatic rings. The molecule has 0 aliphatic heterocycles. The number of ether oxygens (including phenoxy) is 1. The van der Waals surface area contributed by atoms with E-state index in [4.69, 9.17) is 4.74 Å². The van der Waals surface area contributed by atoms with Crippen molar-refractivity contribution < 1.29 is 9.53 Å². The van der Waals surface area contributed by atoms with Crippen LogP contribution in [0.5, 0.6) is 0 Å². The van der Waals surface area contributed by atoms with Crippen LogP contribution < -0.4 is 10.9 Å². The van der Waals surface area contributed by atoms with Crippen molar-refractivity contribution in [2.75, 3.05) is 0 Å². The lowest BCUT2D eigenvalue weighted by molar-refractivity contribution is 0.0513. The first-order valence-electron chi connectivity index (χ1n) is 3.57. The van der Waals surface area contributed by atoms with Crippen LogP contribution in [0.4, 0.5) is 4.79 Å². The van der Waals surface area contributed by atoms with E-state index in [1.165, 1.54) is 0 Å². The van der Waals surface area contributed by atoms with Gasteiger partial charge in [0.15, 0.2) is 0 Å². The number of carbonyl (C=O) groups excluding carboxylic acids is 1. The van der Waals surface area contributed by atoms with Crippen LogP contribution in [0.3, 0.4) is 0 Å². The molecule has 0 aliphatic carbocycles. The highest BCUT2D eigenvalue weighted by atomic mass is 32.1. The quantitative estimate of drug-likeness (QED) is 0.447. The van der Waals surface area contributed by atoms with Gasteiger partial charge in [-0.1, -0.05) is 12.2 Å². The molecule has 2 N–H and O–H groups in total. The van der Waals surface area contributed by atoms with Crippen molar-refractivity contribution in [1.29, 1.82) is 0 Å². The zero-order chi connectivity index (χ0) is 9.78. The number of nitrogens with one attached hydrogen (secondary N) is 2. The molecule has 1 amide bonds. The van der Waals surface area contributed by atoms with Gasteiger partial charge in [-0.2, -0.15) is 0 Å². The van der Waals surface area contributed by atoms with Crippen LogP contribution in [0.15, 0.2) is 0 Å². The highest BCUT2D eigenvalue weighted by molar-refractivity contribution is 7.80. The summed E-state index contributed by atoms with van der Waals surface area (Å²) in [5.41, 5.74) is 4.28. The second kappa shape index (κ2) is 4.25. The lowest BCUT2D eigenvalue weighted by Crippen LogP contribution is -2.42. The van der Waals surface area contributed by atoms with E-state index in [1.54, 1.807) is 27.7 Å². The van der Waals surface area contributed by atoms with Crippen molar-refractivity contribution in [2.45, 2.75) is 33.3 Å². The molecule has 0 aromatic rings. The van der Waals surface area contributed by atoms with E-state index in [1.807, 2.05) is 0 Å². The van der Waals surface area contributed by atoms with Crippen molar-refractivity contribution in [1.82, 2.24) is 10.9 Å². The van der Waals surface area contributed by atoms with Crippen molar-refractivity contribution in [3.8, 4) is 0 Å². The minimum Gasteiger partial charge on any atom is -0.443 e. The van der Waals surface area contributed by atoms with Crippen LogP contribution in [-0.2, 0) is 4.74 Å². The number of thiocarbonyl (C=S) groups is 1. The molecule has 12 heavy (non-hydrogen) atoms. The Morgan fingerprint density at radius 1 is 1.33 bits per heavy atom. The zero-order valence-electron chi connectivity index (χ0n) is 7.72. The monoisotopic (exact) mass is 190 g/mol. The van der Waals surface area contributed by atoms with Gasteiger partial charge in [-0.15, -0.1) is 0 Å². The highest BCUT2D eigenvalue weighted by Gasteiger charge is 2.15. The van der Waals surface area contributed by atoms with Gasteiger partial charge in [0.05, 0.1) is 4.99 Å². The fraction of sp³-hybridized carbons (Fsp3) is 0.714. The summed E-state index contributed by atoms with van der Waals surface area (Å²) in [6.07, 6.45) is -0.535. The summed E-state index contributed by atoms with van der Waals surface area (Å²) in [5.74, 6) is 0. The number of hydrazine groups is 1. The molecule has 0 spiro atoms. The van der Waals surface area contributed by atoms with Gasteiger partial charge in [-0.25, -0.2) is 10.2 Å². The van der Waals surface area contributed by atoms with E-state index in [0.717, 1.165) is 0 Å². The van der Waals surface area contributed by atoms with Gasteiger partial charge in [0.2, 0.25) is 0 Å². The van der Waals surface area contributed by atoms with Crippen molar-refractivity contribution >= 4 is 23.3 Å². The number of amides is 1. The fourth-order valence-electron chi connectivity index (χ4n) is 0.443. The predicted octanol–water partition coefficient (Wildman–Crippen LogP) is 1.36. The van der Waals surface area contributed by atoms with Crippen LogP contribution in [0.1, 0.15) is 27.7 Å². The molecule has 0 aromatic heterocycles. The molecule has 0 saturated heterocycles. The maximum absolute atomic E-state index is 10.9. The Bertz CT molecular complexity index is 186. The van der Waals surface area contributed by atoms with Crippen molar-refractivity contribution in [2.24, 2.45) is 0 Å². The maximum atomic E-state index is 10.9. The highest BCUT2D eigenvalue weighted by Crippen LogP contribution is 2.05. The van der Waals surface area contributed by atoms with Crippen LogP contribution in [0.2, 0.25) is 0 Å². The molecule has 70 valence electrons. The average Bonchev–Trinajstić information content (AvgIpc) is 1.79. The summed E-state index contributed by atoms with van der Waals surface area (Å²) >= 11 is 4.67. The third-order valence-electron chi connectivity index (χ3n) is 0.739. The molecule has 0 fully saturated rings. The molecular weight excluding hydrogens is 176 g/mol. The van der Waals surface area contributed by atoms with Gasteiger partial charge in [-0.3, -0.25) is 5.43 Å². The lowest BCUT2D eigenvalue weighted by atomic mass is 10.2. The third-order valence-corrected chi connectivity index (χ3v) is 0.842. The minimum absolute atomic E-state index is 0.485. The number of hydrogen-bond donors (Lipinski definition) is 2. The smallest absolute Gasteiger partial charge is 0.426 e. The number of hydrogen-bond acceptors (Lipinski definition) is 3. The fourth-order valence-corrected chi connectivity index (χ4v) is 0.494. The molecule has 0 radical (unpaired) electrons. The van der Waals surface area contributed by atoms with E-state index in [0.29, 0.717) is 4.99 Å². The molecule has 0 heterocycles. The molecule has 0 bridgehead atoms. The van der Waals surface area contributed by atoms with Crippen molar-refractivity contribution in [3.63, 3.8) is 0 Å². The third kappa shape index (κ3) is 7.27. The summed E-state index contributed by atoms with van der Waals surface area (Å²) in [6, 6.07) is 0. The number of carbonyl (C=O) groups is 1. The Morgan fingerprint density at radius 2 is 1.83 bits per heavy atom. The van der Waals surface area contributed by atoms with Gasteiger partial charge < -0.3 is 4.74 Å². The first-order chi connectivity index (χ1) is 5.31. The lowest BCUT2D eigenvalue weighted by Gasteiger charge is -2.19. The SMILES string of the molecule is CC(=S)NNC(=O)OC(C)(C)C. The molecule has 0 rings (SSSR count). The zero-order valence-corrected chi connectivity index (χ0v) is 8.54. The van der Waals surface area contributed by atoms with Gasteiger partial charge in [-0.05, 0) is 27.7 Å². The Kier molecular flexibility index (Phi) is 3.95. The van der Waals surface area contributed by atoms with E-state index < -0.39 is 11.7 Å². The standard InChI is InChI=1S/C7H14N2O2S/c1-5(12)8-9-6(10)11-7(2,3)4/h1-4H3,(H,8,12)(H,9,10). The molecule has 0 unspecified atom stereocenters. The molecule has 5 heteroatoms. The summed E-state index contributed by atoms with van der Waals surface area (Å²) < 4.78 is 4.92. The maximum Gasteiger partial charge on any atom is 0.426 e. The van der Waals surface area contributed by atoms with Crippen LogP contribution in [0, 0.1) is 0 Å². The molecule has 0 atom stereocenters. The van der Waals surface area contributed by atoms with E-state index in [2.05, 4.69) is 23.1 Å². The largest absolute Gasteiger partial charge is 0.443 e. The summed E-state index contributed by atoms with van der Waals surface area (Å²) in [7, 11) is 0. The average molecular weight is 190 g/mol. The minimum atomic E-state index is -0.535. The van der Waals surface area contributed by atoms with Crippen LogP contribution in [-0.4, -0.2) is 16.7 Å². The Hall–Kier alpha value is -0.840. The molecule has 0 aromatic carbocycles. The first kappa shape index (κ1) is 11.2. The molecule has 0 saturated carbocycles. The molecule has 4 nitrogen and oxygen atoms in total. The summed E-state index contributed by atoms with van der Waals surface area (Å²) in [4.78, 5) is 11.4. The second-order valence-electron chi connectivity index (χ2n) is 3.31. The van der Waals surface area contributed by atoms with E-state index in [-0.39, 0.29) is 0 Å². The van der Waals surface area contributed by atoms with Crippen molar-refractivity contribution in [3.05, 3.63) is 0 Å². The van der Waals surface area contributed by atoms with Crippen LogP contribution in [0.25, 0.3) is 0 Å². The van der Waals surface area contributed by atoms with Gasteiger partial charge >= 0.3 is 6.09 Å². The predicted molar refractivity (Wildman–Crippen MR) is 50.8 cm³/mol. The Labute approximate surface area is 77.6 Å². The summed E-state index contributed by atoms with van der Waals surface area (Å²) in [5, 5.41) is 0. The van der Waals surface area contributed by atoms with Gasteiger partial charge in [0.25, 0.3) is 0 Å². The van der Waals surface area contributed by atoms with Crippen LogP contribution >= 0.6 is 12.2 Å². The summed E-state index contributed by atoms with van der Waals surface area (Å²) in [6.45, 7) is 7.03. The molecular formula is C7H14N2O2S. The topological polar surface area (TPSA) is 50.4 Å². The number of rotatable bonds is 0. The Morgan fingerprint density at radius 3 is 2.17 bits per heavy atom. The first-order valence-corrected chi connectivity index (χ1v) is 3.97. The second-order valence-corrected chi connectivity index (χ2v) is 3.92. The Balaban J connectivity index is 3.68. The van der Waals surface area contributed by atoms with E-state index in [9.17, 15) is 4.79 Å². The van der Waals surface area contributed by atoms with Gasteiger partial charge in [0, 0.05) is 0 Å². The van der Waals surface area contributed by atoms with Gasteiger partial charge in [0.1, 0.15) is 5.60 Å².